The van der Waals surface area contributed by atoms with Crippen LogP contribution in [0, 0.1) is 5.92 Å². The van der Waals surface area contributed by atoms with Crippen LogP contribution in [0.5, 0.6) is 0 Å². The highest BCUT2D eigenvalue weighted by Gasteiger charge is 2.11. The van der Waals surface area contributed by atoms with E-state index in [1.54, 1.807) is 12.3 Å². The van der Waals surface area contributed by atoms with Gasteiger partial charge in [-0.25, -0.2) is 0 Å². The molecule has 1 aromatic carbocycles. The van der Waals surface area contributed by atoms with E-state index in [0.29, 0.717) is 18.7 Å². The molecule has 0 spiro atoms. The maximum Gasteiger partial charge on any atom is 0.253 e. The highest BCUT2D eigenvalue weighted by Crippen LogP contribution is 2.16. The second-order valence-corrected chi connectivity index (χ2v) is 4.98. The van der Waals surface area contributed by atoms with Gasteiger partial charge in [-0.1, -0.05) is 19.1 Å². The van der Waals surface area contributed by atoms with Crippen molar-refractivity contribution in [3.8, 4) is 0 Å². The molecule has 1 amide bonds. The van der Waals surface area contributed by atoms with Crippen LogP contribution >= 0.6 is 0 Å². The van der Waals surface area contributed by atoms with Crippen LogP contribution in [0.4, 0.5) is 5.69 Å². The van der Waals surface area contributed by atoms with Gasteiger partial charge in [0.1, 0.15) is 5.76 Å². The molecule has 1 atom stereocenters. The van der Waals surface area contributed by atoms with E-state index in [0.717, 1.165) is 11.4 Å². The van der Waals surface area contributed by atoms with E-state index in [1.165, 1.54) is 0 Å². The average Bonchev–Trinajstić information content (AvgIpc) is 3.04. The first-order valence-corrected chi connectivity index (χ1v) is 6.95. The van der Waals surface area contributed by atoms with Gasteiger partial charge in [0.15, 0.2) is 0 Å². The first-order chi connectivity index (χ1) is 10.2. The van der Waals surface area contributed by atoms with Gasteiger partial charge in [0.25, 0.3) is 5.91 Å². The lowest BCUT2D eigenvalue weighted by Crippen LogP contribution is -2.30. The maximum atomic E-state index is 12.2. The van der Waals surface area contributed by atoms with Gasteiger partial charge in [-0.2, -0.15) is 0 Å². The fourth-order valence-corrected chi connectivity index (χ4v) is 1.86. The molecule has 0 fully saturated rings. The van der Waals surface area contributed by atoms with E-state index < -0.39 is 0 Å². The molecule has 0 saturated carbocycles. The van der Waals surface area contributed by atoms with Crippen molar-refractivity contribution in [2.45, 2.75) is 13.5 Å². The number of rotatable bonds is 7. The van der Waals surface area contributed by atoms with Gasteiger partial charge < -0.3 is 20.2 Å². The average molecular weight is 288 g/mol. The van der Waals surface area contributed by atoms with Crippen LogP contribution < -0.4 is 10.6 Å². The molecule has 2 rings (SSSR count). The van der Waals surface area contributed by atoms with Crippen molar-refractivity contribution in [2.24, 2.45) is 5.92 Å². The number of anilines is 1. The maximum absolute atomic E-state index is 12.2. The normalized spacial score (nSPS) is 11.9. The zero-order valence-electron chi connectivity index (χ0n) is 12.0. The number of amides is 1. The first-order valence-electron chi connectivity index (χ1n) is 6.95. The molecule has 0 bridgehead atoms. The third kappa shape index (κ3) is 4.36. The molecular weight excluding hydrogens is 268 g/mol. The van der Waals surface area contributed by atoms with Gasteiger partial charge in [-0.3, -0.25) is 4.79 Å². The first kappa shape index (κ1) is 15.1. The van der Waals surface area contributed by atoms with E-state index in [-0.39, 0.29) is 18.4 Å². The molecule has 1 heterocycles. The molecule has 0 radical (unpaired) electrons. The third-order valence-corrected chi connectivity index (χ3v) is 3.13. The van der Waals surface area contributed by atoms with Crippen LogP contribution in [0.3, 0.4) is 0 Å². The Balaban J connectivity index is 2.00. The summed E-state index contributed by atoms with van der Waals surface area (Å²) in [5.74, 6) is 0.689. The predicted molar refractivity (Wildman–Crippen MR) is 81.1 cm³/mol. The van der Waals surface area contributed by atoms with Gasteiger partial charge >= 0.3 is 0 Å². The zero-order chi connectivity index (χ0) is 15.1. The summed E-state index contributed by atoms with van der Waals surface area (Å²) in [6.07, 6.45) is 1.62. The van der Waals surface area contributed by atoms with Crippen LogP contribution in [0.25, 0.3) is 0 Å². The van der Waals surface area contributed by atoms with Gasteiger partial charge in [0.2, 0.25) is 0 Å². The number of para-hydroxylation sites is 1. The second kappa shape index (κ2) is 7.50. The van der Waals surface area contributed by atoms with E-state index in [2.05, 4.69) is 10.6 Å². The Kier molecular flexibility index (Phi) is 5.40. The lowest BCUT2D eigenvalue weighted by atomic mass is 10.1. The quantitative estimate of drug-likeness (QED) is 0.730. The molecule has 112 valence electrons. The third-order valence-electron chi connectivity index (χ3n) is 3.13. The van der Waals surface area contributed by atoms with Crippen molar-refractivity contribution in [3.05, 3.63) is 54.0 Å². The van der Waals surface area contributed by atoms with Crippen molar-refractivity contribution >= 4 is 11.6 Å². The fraction of sp³-hybridized carbons (Fsp3) is 0.312. The smallest absolute Gasteiger partial charge is 0.253 e. The number of aliphatic hydroxyl groups excluding tert-OH is 1. The number of carbonyl (C=O) groups excluding carboxylic acids is 1. The second-order valence-electron chi connectivity index (χ2n) is 4.98. The number of benzene rings is 1. The number of hydrogen-bond acceptors (Lipinski definition) is 4. The van der Waals surface area contributed by atoms with Crippen LogP contribution in [-0.2, 0) is 6.54 Å². The molecule has 0 aliphatic carbocycles. The molecular formula is C16H20N2O3. The van der Waals surface area contributed by atoms with Gasteiger partial charge in [0.05, 0.1) is 18.4 Å². The Morgan fingerprint density at radius 3 is 2.81 bits per heavy atom. The minimum atomic E-state index is -0.155. The Morgan fingerprint density at radius 1 is 1.29 bits per heavy atom. The highest BCUT2D eigenvalue weighted by molar-refractivity contribution is 5.99. The number of furan rings is 1. The van der Waals surface area contributed by atoms with Crippen molar-refractivity contribution in [3.63, 3.8) is 0 Å². The summed E-state index contributed by atoms with van der Waals surface area (Å²) < 4.78 is 5.26. The lowest BCUT2D eigenvalue weighted by molar-refractivity contribution is 0.0943. The topological polar surface area (TPSA) is 74.5 Å². The standard InChI is InChI=1S/C16H20N2O3/c1-12(11-19)9-18-16(20)14-6-2-3-7-15(14)17-10-13-5-4-8-21-13/h2-8,12,17,19H,9-11H2,1H3,(H,18,20). The van der Waals surface area contributed by atoms with E-state index in [9.17, 15) is 4.79 Å². The van der Waals surface area contributed by atoms with E-state index in [1.807, 2.05) is 37.3 Å². The van der Waals surface area contributed by atoms with Gasteiger partial charge in [0, 0.05) is 18.8 Å². The van der Waals surface area contributed by atoms with E-state index in [4.69, 9.17) is 9.52 Å². The monoisotopic (exact) mass is 288 g/mol. The fourth-order valence-electron chi connectivity index (χ4n) is 1.86. The van der Waals surface area contributed by atoms with Crippen molar-refractivity contribution in [1.82, 2.24) is 5.32 Å². The Hall–Kier alpha value is -2.27. The zero-order valence-corrected chi connectivity index (χ0v) is 12.0. The SMILES string of the molecule is CC(CO)CNC(=O)c1ccccc1NCc1ccco1. The number of hydrogen-bond donors (Lipinski definition) is 3. The van der Waals surface area contributed by atoms with Crippen molar-refractivity contribution in [1.29, 1.82) is 0 Å². The predicted octanol–water partition coefficient (Wildman–Crippen LogP) is 2.25. The van der Waals surface area contributed by atoms with Crippen LogP contribution in [0.1, 0.15) is 23.0 Å². The lowest BCUT2D eigenvalue weighted by Gasteiger charge is -2.13. The molecule has 0 aliphatic rings. The number of aliphatic hydroxyl groups is 1. The Morgan fingerprint density at radius 2 is 2.10 bits per heavy atom. The minimum absolute atomic E-state index is 0.0391. The number of carbonyl (C=O) groups is 1. The van der Waals surface area contributed by atoms with Gasteiger partial charge in [-0.15, -0.1) is 0 Å². The summed E-state index contributed by atoms with van der Waals surface area (Å²) >= 11 is 0. The summed E-state index contributed by atoms with van der Waals surface area (Å²) in [6.45, 7) is 2.90. The summed E-state index contributed by atoms with van der Waals surface area (Å²) in [5.41, 5.74) is 1.33. The molecule has 3 N–H and O–H groups in total. The van der Waals surface area contributed by atoms with Crippen LogP contribution in [0.15, 0.2) is 47.1 Å². The van der Waals surface area contributed by atoms with Crippen molar-refractivity contribution in [2.75, 3.05) is 18.5 Å². The molecule has 1 unspecified atom stereocenters. The van der Waals surface area contributed by atoms with Crippen LogP contribution in [0.2, 0.25) is 0 Å². The molecule has 5 nitrogen and oxygen atoms in total. The minimum Gasteiger partial charge on any atom is -0.467 e. The van der Waals surface area contributed by atoms with Crippen LogP contribution in [-0.4, -0.2) is 24.2 Å². The molecule has 2 aromatic rings. The van der Waals surface area contributed by atoms with Gasteiger partial charge in [-0.05, 0) is 30.2 Å². The largest absolute Gasteiger partial charge is 0.467 e. The number of nitrogens with one attached hydrogen (secondary N) is 2. The highest BCUT2D eigenvalue weighted by atomic mass is 16.3. The Bertz CT molecular complexity index is 567. The molecule has 1 aromatic heterocycles. The van der Waals surface area contributed by atoms with Crippen molar-refractivity contribution < 1.29 is 14.3 Å². The Labute approximate surface area is 124 Å². The molecule has 0 saturated heterocycles. The molecule has 21 heavy (non-hydrogen) atoms. The summed E-state index contributed by atoms with van der Waals surface area (Å²) in [4.78, 5) is 12.2. The molecule has 0 aliphatic heterocycles. The van der Waals surface area contributed by atoms with E-state index >= 15 is 0 Å². The summed E-state index contributed by atoms with van der Waals surface area (Å²) in [5, 5.41) is 15.0. The summed E-state index contributed by atoms with van der Waals surface area (Å²) in [6, 6.07) is 11.0. The summed E-state index contributed by atoms with van der Waals surface area (Å²) in [7, 11) is 0. The molecule has 5 heteroatoms.